The summed E-state index contributed by atoms with van der Waals surface area (Å²) in [4.78, 5) is 11.2. The number of ether oxygens (including phenoxy) is 1. The second kappa shape index (κ2) is 7.01. The first-order valence-corrected chi connectivity index (χ1v) is 8.30. The highest BCUT2D eigenvalue weighted by atomic mass is 32.2. The van der Waals surface area contributed by atoms with E-state index in [4.69, 9.17) is 0 Å². The van der Waals surface area contributed by atoms with Gasteiger partial charge in [0.1, 0.15) is 5.75 Å². The predicted molar refractivity (Wildman–Crippen MR) is 83.8 cm³/mol. The van der Waals surface area contributed by atoms with Crippen molar-refractivity contribution < 1.29 is 31.1 Å². The van der Waals surface area contributed by atoms with E-state index in [9.17, 15) is 26.4 Å². The van der Waals surface area contributed by atoms with E-state index in [1.54, 1.807) is 0 Å². The lowest BCUT2D eigenvalue weighted by atomic mass is 10.2. The van der Waals surface area contributed by atoms with Gasteiger partial charge >= 0.3 is 6.36 Å². The van der Waals surface area contributed by atoms with Crippen molar-refractivity contribution >= 4 is 21.6 Å². The average Bonchev–Trinajstić information content (AvgIpc) is 2.52. The third-order valence-electron chi connectivity index (χ3n) is 2.95. The van der Waals surface area contributed by atoms with Crippen molar-refractivity contribution in [2.45, 2.75) is 11.3 Å². The minimum Gasteiger partial charge on any atom is -0.406 e. The molecule has 0 unspecified atom stereocenters. The average molecular weight is 374 g/mol. The van der Waals surface area contributed by atoms with Gasteiger partial charge in [-0.15, -0.1) is 13.2 Å². The maximum atomic E-state index is 12.3. The molecule has 0 bridgehead atoms. The van der Waals surface area contributed by atoms with Crippen molar-refractivity contribution in [2.75, 3.05) is 11.8 Å². The summed E-state index contributed by atoms with van der Waals surface area (Å²) in [6.07, 6.45) is -4.93. The van der Waals surface area contributed by atoms with Gasteiger partial charge in [-0.05, 0) is 30.3 Å². The zero-order valence-corrected chi connectivity index (χ0v) is 13.6. The maximum Gasteiger partial charge on any atom is 0.573 e. The fraction of sp³-hybridized carbons (Fsp3) is 0.133. The number of benzene rings is 2. The first-order chi connectivity index (χ1) is 11.6. The normalized spacial score (nSPS) is 11.7. The van der Waals surface area contributed by atoms with Crippen molar-refractivity contribution in [3.63, 3.8) is 0 Å². The molecule has 2 aromatic carbocycles. The zero-order valence-electron chi connectivity index (χ0n) is 12.8. The van der Waals surface area contributed by atoms with E-state index in [1.165, 1.54) is 31.3 Å². The second-order valence-corrected chi connectivity index (χ2v) is 6.47. The number of amides is 1. The molecule has 2 aromatic rings. The van der Waals surface area contributed by atoms with Crippen molar-refractivity contribution in [2.24, 2.45) is 0 Å². The van der Waals surface area contributed by atoms with Crippen LogP contribution in [0, 0.1) is 0 Å². The number of hydrogen-bond acceptors (Lipinski definition) is 4. The van der Waals surface area contributed by atoms with E-state index < -0.39 is 32.9 Å². The number of rotatable bonds is 5. The van der Waals surface area contributed by atoms with E-state index in [0.29, 0.717) is 0 Å². The van der Waals surface area contributed by atoms with E-state index in [1.807, 2.05) is 0 Å². The summed E-state index contributed by atoms with van der Waals surface area (Å²) >= 11 is 0. The van der Waals surface area contributed by atoms with Crippen LogP contribution in [0.25, 0.3) is 0 Å². The Morgan fingerprint density at radius 1 is 1.08 bits per heavy atom. The highest BCUT2D eigenvalue weighted by Gasteiger charge is 2.31. The van der Waals surface area contributed by atoms with Crippen LogP contribution in [0.4, 0.5) is 18.9 Å². The molecule has 0 spiro atoms. The topological polar surface area (TPSA) is 84.5 Å². The Labute approximate surface area is 141 Å². The zero-order chi connectivity index (χ0) is 18.7. The first kappa shape index (κ1) is 18.6. The molecule has 0 aliphatic rings. The molecule has 10 heteroatoms. The molecule has 25 heavy (non-hydrogen) atoms. The summed E-state index contributed by atoms with van der Waals surface area (Å²) in [7, 11) is -2.75. The van der Waals surface area contributed by atoms with Gasteiger partial charge in [0.2, 0.25) is 0 Å². The van der Waals surface area contributed by atoms with Crippen LogP contribution in [0.5, 0.6) is 5.75 Å². The lowest BCUT2D eigenvalue weighted by molar-refractivity contribution is -0.274. The van der Waals surface area contributed by atoms with Crippen molar-refractivity contribution in [1.29, 1.82) is 0 Å². The van der Waals surface area contributed by atoms with Crippen molar-refractivity contribution in [3.05, 3.63) is 54.1 Å². The van der Waals surface area contributed by atoms with Gasteiger partial charge < -0.3 is 10.1 Å². The number of alkyl halides is 3. The predicted octanol–water partition coefficient (Wildman–Crippen LogP) is 2.75. The van der Waals surface area contributed by atoms with Crippen LogP contribution in [0.1, 0.15) is 10.4 Å². The number of anilines is 1. The van der Waals surface area contributed by atoms with Gasteiger partial charge in [0.25, 0.3) is 15.9 Å². The molecule has 6 nitrogen and oxygen atoms in total. The van der Waals surface area contributed by atoms with Gasteiger partial charge in [0, 0.05) is 24.4 Å². The maximum absolute atomic E-state index is 12.3. The molecule has 134 valence electrons. The van der Waals surface area contributed by atoms with Crippen LogP contribution in [0.3, 0.4) is 0 Å². The van der Waals surface area contributed by atoms with E-state index >= 15 is 0 Å². The first-order valence-electron chi connectivity index (χ1n) is 6.81. The van der Waals surface area contributed by atoms with Gasteiger partial charge in [0.15, 0.2) is 0 Å². The van der Waals surface area contributed by atoms with Crippen molar-refractivity contribution in [3.8, 4) is 5.75 Å². The standard InChI is InChI=1S/C15H13F3N2O4S/c1-19-14(21)10-4-2-5-11(8-10)20-25(22,23)13-7-3-6-12(9-13)24-15(16,17)18/h2-9,20H,1H3,(H,19,21). The van der Waals surface area contributed by atoms with E-state index in [0.717, 1.165) is 24.3 Å². The fourth-order valence-electron chi connectivity index (χ4n) is 1.92. The molecule has 0 aliphatic heterocycles. The highest BCUT2D eigenvalue weighted by Crippen LogP contribution is 2.26. The Morgan fingerprint density at radius 3 is 2.40 bits per heavy atom. The Hall–Kier alpha value is -2.75. The molecule has 0 fully saturated rings. The molecular formula is C15H13F3N2O4S. The third kappa shape index (κ3) is 5.11. The smallest absolute Gasteiger partial charge is 0.406 e. The van der Waals surface area contributed by atoms with Gasteiger partial charge in [0.05, 0.1) is 4.90 Å². The van der Waals surface area contributed by atoms with Crippen LogP contribution >= 0.6 is 0 Å². The van der Waals surface area contributed by atoms with Crippen LogP contribution in [-0.2, 0) is 10.0 Å². The largest absolute Gasteiger partial charge is 0.573 e. The molecule has 0 aromatic heterocycles. The van der Waals surface area contributed by atoms with Gasteiger partial charge in [-0.2, -0.15) is 0 Å². The fourth-order valence-corrected chi connectivity index (χ4v) is 3.00. The summed E-state index contributed by atoms with van der Waals surface area (Å²) in [6.45, 7) is 0. The molecule has 2 N–H and O–H groups in total. The van der Waals surface area contributed by atoms with Crippen LogP contribution < -0.4 is 14.8 Å². The third-order valence-corrected chi connectivity index (χ3v) is 4.33. The van der Waals surface area contributed by atoms with Gasteiger partial charge in [-0.1, -0.05) is 12.1 Å². The Morgan fingerprint density at radius 2 is 1.76 bits per heavy atom. The summed E-state index contributed by atoms with van der Waals surface area (Å²) < 4.78 is 67.3. The molecule has 1 amide bonds. The monoisotopic (exact) mass is 374 g/mol. The number of carbonyl (C=O) groups excluding carboxylic acids is 1. The van der Waals surface area contributed by atoms with Gasteiger partial charge in [-0.3, -0.25) is 9.52 Å². The number of carbonyl (C=O) groups is 1. The lowest BCUT2D eigenvalue weighted by Gasteiger charge is -2.12. The molecule has 0 atom stereocenters. The summed E-state index contributed by atoms with van der Waals surface area (Å²) in [5.74, 6) is -1.07. The summed E-state index contributed by atoms with van der Waals surface area (Å²) in [6, 6.07) is 9.62. The van der Waals surface area contributed by atoms with Crippen LogP contribution in [0.2, 0.25) is 0 Å². The SMILES string of the molecule is CNC(=O)c1cccc(NS(=O)(=O)c2cccc(OC(F)(F)F)c2)c1. The number of hydrogen-bond donors (Lipinski definition) is 2. The van der Waals surface area contributed by atoms with E-state index in [-0.39, 0.29) is 11.3 Å². The minimum absolute atomic E-state index is 0.0863. The minimum atomic E-state index is -4.93. The van der Waals surface area contributed by atoms with Crippen LogP contribution in [0.15, 0.2) is 53.4 Å². The molecule has 0 aliphatic carbocycles. The Kier molecular flexibility index (Phi) is 5.21. The summed E-state index contributed by atoms with van der Waals surface area (Å²) in [5, 5.41) is 2.39. The molecule has 0 heterocycles. The molecular weight excluding hydrogens is 361 g/mol. The summed E-state index contributed by atoms with van der Waals surface area (Å²) in [5.41, 5.74) is 0.306. The number of nitrogens with one attached hydrogen (secondary N) is 2. The molecule has 0 saturated heterocycles. The lowest BCUT2D eigenvalue weighted by Crippen LogP contribution is -2.19. The number of sulfonamides is 1. The molecule has 2 rings (SSSR count). The second-order valence-electron chi connectivity index (χ2n) is 4.79. The van der Waals surface area contributed by atoms with Gasteiger partial charge in [-0.25, -0.2) is 8.42 Å². The molecule has 0 radical (unpaired) electrons. The van der Waals surface area contributed by atoms with Crippen LogP contribution in [-0.4, -0.2) is 27.7 Å². The Balaban J connectivity index is 2.28. The van der Waals surface area contributed by atoms with Crippen molar-refractivity contribution in [1.82, 2.24) is 5.32 Å². The van der Waals surface area contributed by atoms with E-state index in [2.05, 4.69) is 14.8 Å². The molecule has 0 saturated carbocycles. The highest BCUT2D eigenvalue weighted by molar-refractivity contribution is 7.92. The number of halogens is 3. The Bertz CT molecular complexity index is 882. The quantitative estimate of drug-likeness (QED) is 0.843.